The maximum absolute atomic E-state index is 11.6. The Bertz CT molecular complexity index is 1310. The van der Waals surface area contributed by atoms with Gasteiger partial charge in [0.05, 0.1) is 25.3 Å². The number of morpholine rings is 1. The molecule has 0 atom stereocenters. The van der Waals surface area contributed by atoms with Gasteiger partial charge in [-0.25, -0.2) is 9.97 Å². The zero-order valence-corrected chi connectivity index (χ0v) is 17.3. The molecule has 0 aliphatic carbocycles. The van der Waals surface area contributed by atoms with E-state index in [1.165, 1.54) is 5.69 Å². The predicted molar refractivity (Wildman–Crippen MR) is 121 cm³/mol. The van der Waals surface area contributed by atoms with E-state index in [0.717, 1.165) is 54.5 Å². The van der Waals surface area contributed by atoms with Gasteiger partial charge in [0.25, 0.3) is 0 Å². The highest BCUT2D eigenvalue weighted by Gasteiger charge is 2.21. The third-order valence-electron chi connectivity index (χ3n) is 5.80. The maximum atomic E-state index is 11.6. The number of aromatic nitrogens is 3. The van der Waals surface area contributed by atoms with Crippen LogP contribution in [0.4, 0.5) is 17.2 Å². The largest absolute Gasteiger partial charge is 0.426 e. The highest BCUT2D eigenvalue weighted by molar-refractivity contribution is 5.82. The number of anilines is 3. The van der Waals surface area contributed by atoms with Crippen LogP contribution in [0, 0.1) is 0 Å². The van der Waals surface area contributed by atoms with Gasteiger partial charge >= 0.3 is 5.97 Å². The van der Waals surface area contributed by atoms with Crippen LogP contribution in [0.1, 0.15) is 5.56 Å². The Balaban J connectivity index is 1.31. The van der Waals surface area contributed by atoms with E-state index in [0.29, 0.717) is 11.6 Å². The fraction of sp³-hybridized carbons (Fsp3) is 0.208. The van der Waals surface area contributed by atoms with Gasteiger partial charge in [0, 0.05) is 54.2 Å². The maximum Gasteiger partial charge on any atom is 0.315 e. The number of esters is 1. The average molecular weight is 427 g/mol. The number of imidazole rings is 1. The van der Waals surface area contributed by atoms with Crippen molar-refractivity contribution in [3.05, 3.63) is 66.6 Å². The van der Waals surface area contributed by atoms with E-state index in [1.54, 1.807) is 6.20 Å². The molecule has 2 aliphatic rings. The molecule has 8 nitrogen and oxygen atoms in total. The number of hydrogen-bond acceptors (Lipinski definition) is 7. The second kappa shape index (κ2) is 7.65. The van der Waals surface area contributed by atoms with Crippen LogP contribution in [0.25, 0.3) is 16.9 Å². The number of carbonyl (C=O) groups is 1. The lowest BCUT2D eigenvalue weighted by molar-refractivity contribution is -0.131. The van der Waals surface area contributed by atoms with Crippen LogP contribution in [-0.4, -0.2) is 46.6 Å². The van der Waals surface area contributed by atoms with E-state index in [2.05, 4.69) is 39.5 Å². The Morgan fingerprint density at radius 1 is 1.03 bits per heavy atom. The summed E-state index contributed by atoms with van der Waals surface area (Å²) in [6.07, 6.45) is 5.88. The van der Waals surface area contributed by atoms with Gasteiger partial charge in [-0.2, -0.15) is 0 Å². The van der Waals surface area contributed by atoms with Crippen molar-refractivity contribution in [1.29, 1.82) is 0 Å². The quantitative estimate of drug-likeness (QED) is 0.395. The van der Waals surface area contributed by atoms with Crippen LogP contribution >= 0.6 is 0 Å². The van der Waals surface area contributed by atoms with Crippen LogP contribution in [-0.2, 0) is 16.0 Å². The highest BCUT2D eigenvalue weighted by atomic mass is 16.5. The molecule has 2 aromatic carbocycles. The average Bonchev–Trinajstić information content (AvgIpc) is 3.45. The molecule has 8 heteroatoms. The van der Waals surface area contributed by atoms with Crippen LogP contribution in [0.2, 0.25) is 0 Å². The third kappa shape index (κ3) is 3.44. The van der Waals surface area contributed by atoms with Crippen molar-refractivity contribution in [1.82, 2.24) is 14.4 Å². The SMILES string of the molecule is O=C1Cc2cc(-c3cn4ccnc4c(Nc4ccc(N5CCOCC5)cc4)n3)ccc2O1. The molecular formula is C24H21N5O3. The minimum absolute atomic E-state index is 0.224. The monoisotopic (exact) mass is 427 g/mol. The first-order valence-corrected chi connectivity index (χ1v) is 10.6. The van der Waals surface area contributed by atoms with Crippen LogP contribution in [0.15, 0.2) is 61.1 Å². The number of rotatable bonds is 4. The number of ether oxygens (including phenoxy) is 2. The summed E-state index contributed by atoms with van der Waals surface area (Å²) in [6.45, 7) is 3.33. The number of benzene rings is 2. The molecule has 0 radical (unpaired) electrons. The van der Waals surface area contributed by atoms with Gasteiger partial charge in [0.1, 0.15) is 5.75 Å². The van der Waals surface area contributed by atoms with E-state index >= 15 is 0 Å². The first kappa shape index (κ1) is 18.8. The van der Waals surface area contributed by atoms with Gasteiger partial charge in [-0.1, -0.05) is 0 Å². The van der Waals surface area contributed by atoms with Crippen molar-refractivity contribution in [2.45, 2.75) is 6.42 Å². The number of fused-ring (bicyclic) bond motifs is 2. The normalized spacial score (nSPS) is 15.6. The summed E-state index contributed by atoms with van der Waals surface area (Å²) in [5.41, 5.74) is 5.44. The standard InChI is InChI=1S/C24H21N5O3/c30-22-14-17-13-16(1-6-21(17)32-22)20-15-29-8-7-25-24(29)23(27-20)26-18-2-4-19(5-3-18)28-9-11-31-12-10-28/h1-8,13,15H,9-12,14H2,(H,26,27). The molecule has 160 valence electrons. The number of nitrogens with one attached hydrogen (secondary N) is 1. The summed E-state index contributed by atoms with van der Waals surface area (Å²) in [5.74, 6) is 1.07. The minimum atomic E-state index is -0.224. The van der Waals surface area contributed by atoms with Gasteiger partial charge in [0.2, 0.25) is 0 Å². The summed E-state index contributed by atoms with van der Waals surface area (Å²) in [4.78, 5) is 23.2. The summed E-state index contributed by atoms with van der Waals surface area (Å²) >= 11 is 0. The van der Waals surface area contributed by atoms with E-state index in [-0.39, 0.29) is 12.4 Å². The van der Waals surface area contributed by atoms with Crippen molar-refractivity contribution >= 4 is 28.8 Å². The van der Waals surface area contributed by atoms with Gasteiger partial charge in [-0.3, -0.25) is 4.79 Å². The molecule has 2 aromatic heterocycles. The topological polar surface area (TPSA) is 81.0 Å². The molecule has 0 spiro atoms. The number of nitrogens with zero attached hydrogens (tertiary/aromatic N) is 4. The second-order valence-electron chi connectivity index (χ2n) is 7.88. The lowest BCUT2D eigenvalue weighted by Gasteiger charge is -2.28. The van der Waals surface area contributed by atoms with Gasteiger partial charge in [0.15, 0.2) is 11.5 Å². The van der Waals surface area contributed by atoms with Crippen molar-refractivity contribution in [2.75, 3.05) is 36.5 Å². The van der Waals surface area contributed by atoms with E-state index in [9.17, 15) is 4.79 Å². The highest BCUT2D eigenvalue weighted by Crippen LogP contribution is 2.32. The Kier molecular flexibility index (Phi) is 4.50. The fourth-order valence-electron chi connectivity index (χ4n) is 4.16. The molecule has 6 rings (SSSR count). The van der Waals surface area contributed by atoms with Gasteiger partial charge < -0.3 is 24.1 Å². The van der Waals surface area contributed by atoms with Crippen molar-refractivity contribution < 1.29 is 14.3 Å². The molecule has 1 saturated heterocycles. The minimum Gasteiger partial charge on any atom is -0.426 e. The summed E-state index contributed by atoms with van der Waals surface area (Å²) < 4.78 is 12.6. The molecule has 4 aromatic rings. The first-order valence-electron chi connectivity index (χ1n) is 10.6. The lowest BCUT2D eigenvalue weighted by Crippen LogP contribution is -2.36. The molecule has 1 fully saturated rings. The summed E-state index contributed by atoms with van der Waals surface area (Å²) in [6, 6.07) is 14.0. The summed E-state index contributed by atoms with van der Waals surface area (Å²) in [7, 11) is 0. The zero-order chi connectivity index (χ0) is 21.5. The van der Waals surface area contributed by atoms with E-state index < -0.39 is 0 Å². The van der Waals surface area contributed by atoms with Crippen molar-refractivity contribution in [3.8, 4) is 17.0 Å². The Hall–Kier alpha value is -3.91. The first-order chi connectivity index (χ1) is 15.7. The van der Waals surface area contributed by atoms with E-state index in [1.807, 2.05) is 35.0 Å². The van der Waals surface area contributed by atoms with Crippen LogP contribution < -0.4 is 15.0 Å². The van der Waals surface area contributed by atoms with Gasteiger partial charge in [-0.15, -0.1) is 0 Å². The predicted octanol–water partition coefficient (Wildman–Crippen LogP) is 3.44. The van der Waals surface area contributed by atoms with Gasteiger partial charge in [-0.05, 0) is 42.5 Å². The molecule has 32 heavy (non-hydrogen) atoms. The molecule has 0 bridgehead atoms. The smallest absolute Gasteiger partial charge is 0.315 e. The molecule has 0 amide bonds. The lowest BCUT2D eigenvalue weighted by atomic mass is 10.1. The molecular weight excluding hydrogens is 406 g/mol. The Labute approximate surface area is 184 Å². The van der Waals surface area contributed by atoms with Crippen LogP contribution in [0.3, 0.4) is 0 Å². The molecule has 0 saturated carbocycles. The molecule has 0 unspecified atom stereocenters. The third-order valence-corrected chi connectivity index (χ3v) is 5.80. The summed E-state index contributed by atoms with van der Waals surface area (Å²) in [5, 5.41) is 3.42. The second-order valence-corrected chi connectivity index (χ2v) is 7.88. The van der Waals surface area contributed by atoms with Crippen LogP contribution in [0.5, 0.6) is 5.75 Å². The number of carbonyl (C=O) groups excluding carboxylic acids is 1. The molecule has 4 heterocycles. The molecule has 2 aliphatic heterocycles. The zero-order valence-electron chi connectivity index (χ0n) is 17.3. The Morgan fingerprint density at radius 2 is 1.88 bits per heavy atom. The van der Waals surface area contributed by atoms with Crippen molar-refractivity contribution in [2.24, 2.45) is 0 Å². The fourth-order valence-corrected chi connectivity index (χ4v) is 4.16. The Morgan fingerprint density at radius 3 is 2.72 bits per heavy atom. The number of hydrogen-bond donors (Lipinski definition) is 1. The van der Waals surface area contributed by atoms with E-state index in [4.69, 9.17) is 14.5 Å². The molecule has 1 N–H and O–H groups in total. The van der Waals surface area contributed by atoms with Crippen molar-refractivity contribution in [3.63, 3.8) is 0 Å².